The molecule has 106 valence electrons. The van der Waals surface area contributed by atoms with Crippen molar-refractivity contribution >= 4 is 0 Å². The predicted octanol–water partition coefficient (Wildman–Crippen LogP) is 1.44. The molecule has 0 aromatic carbocycles. The van der Waals surface area contributed by atoms with Gasteiger partial charge in [0.05, 0.1) is 6.07 Å². The second kappa shape index (κ2) is 8.66. The lowest BCUT2D eigenvalue weighted by Crippen LogP contribution is -2.43. The average Bonchev–Trinajstić information content (AvgIpc) is 2.13. The number of hydrogen-bond acceptors (Lipinski definition) is 5. The number of nitriles is 1. The van der Waals surface area contributed by atoms with Crippen LogP contribution in [0.1, 0.15) is 47.0 Å². The van der Waals surface area contributed by atoms with E-state index in [1.807, 2.05) is 13.8 Å². The molecule has 0 aromatic heterocycles. The number of nitrogens with two attached hydrogens (primary N) is 1. The zero-order chi connectivity index (χ0) is 14.8. The van der Waals surface area contributed by atoms with Crippen LogP contribution in [0.2, 0.25) is 0 Å². The Kier molecular flexibility index (Phi) is 9.13. The van der Waals surface area contributed by atoms with Gasteiger partial charge >= 0.3 is 0 Å². The summed E-state index contributed by atoms with van der Waals surface area (Å²) < 4.78 is 0. The molecule has 0 saturated heterocycles. The fourth-order valence-electron chi connectivity index (χ4n) is 1.18. The Morgan fingerprint density at radius 3 is 2.17 bits per heavy atom. The Balaban J connectivity index is 0. The van der Waals surface area contributed by atoms with Crippen molar-refractivity contribution in [2.75, 3.05) is 6.54 Å². The lowest BCUT2D eigenvalue weighted by molar-refractivity contribution is -0.742. The second-order valence-corrected chi connectivity index (χ2v) is 5.45. The minimum atomic E-state index is -1.50. The highest BCUT2D eigenvalue weighted by atomic mass is 16.9. The van der Waals surface area contributed by atoms with Gasteiger partial charge < -0.3 is 16.3 Å². The molecule has 0 aliphatic carbocycles. The maximum Gasteiger partial charge on any atom is 0.291 e. The van der Waals surface area contributed by atoms with E-state index < -0.39 is 5.09 Å². The molecule has 0 unspecified atom stereocenters. The van der Waals surface area contributed by atoms with Crippen molar-refractivity contribution in [2.45, 2.75) is 58.0 Å². The molecule has 0 fully saturated rings. The van der Waals surface area contributed by atoms with Gasteiger partial charge in [-0.2, -0.15) is 5.26 Å². The highest BCUT2D eigenvalue weighted by molar-refractivity contribution is 4.84. The predicted molar refractivity (Wildman–Crippen MR) is 68.6 cm³/mol. The minimum absolute atomic E-state index is 0.0769. The van der Waals surface area contributed by atoms with E-state index in [9.17, 15) is 0 Å². The maximum atomic E-state index is 8.41. The second-order valence-electron chi connectivity index (χ2n) is 5.45. The van der Waals surface area contributed by atoms with Crippen molar-refractivity contribution in [1.29, 1.82) is 5.26 Å². The molecule has 0 heterocycles. The average molecular weight is 260 g/mol. The van der Waals surface area contributed by atoms with E-state index in [4.69, 9.17) is 26.3 Å². The van der Waals surface area contributed by atoms with Crippen molar-refractivity contribution in [1.82, 2.24) is 5.32 Å². The quantitative estimate of drug-likeness (QED) is 0.377. The fraction of sp³-hybridized carbons (Fsp3) is 0.909. The van der Waals surface area contributed by atoms with E-state index in [2.05, 4.69) is 25.2 Å². The van der Waals surface area contributed by atoms with Gasteiger partial charge in [-0.15, -0.1) is 10.1 Å². The fourth-order valence-corrected chi connectivity index (χ4v) is 1.18. The number of nitrogens with one attached hydrogen (secondary N) is 1. The highest BCUT2D eigenvalue weighted by Crippen LogP contribution is 2.16. The van der Waals surface area contributed by atoms with Gasteiger partial charge in [0, 0.05) is 24.0 Å². The molecule has 0 amide bonds. The Hall–Kier alpha value is -1.39. The molecule has 0 aliphatic rings. The first kappa shape index (κ1) is 19.0. The normalized spacial score (nSPS) is 11.1. The van der Waals surface area contributed by atoms with Gasteiger partial charge in [0.1, 0.15) is 0 Å². The van der Waals surface area contributed by atoms with E-state index in [0.29, 0.717) is 6.42 Å². The molecule has 4 N–H and O–H groups in total. The molecular formula is C11H24N4O3. The van der Waals surface area contributed by atoms with Gasteiger partial charge in [-0.1, -0.05) is 0 Å². The summed E-state index contributed by atoms with van der Waals surface area (Å²) in [4.78, 5) is 8.36. The van der Waals surface area contributed by atoms with E-state index in [0.717, 1.165) is 19.4 Å². The van der Waals surface area contributed by atoms with E-state index in [-0.39, 0.29) is 11.1 Å². The smallest absolute Gasteiger partial charge is 0.291 e. The van der Waals surface area contributed by atoms with Gasteiger partial charge in [-0.3, -0.25) is 0 Å². The van der Waals surface area contributed by atoms with E-state index >= 15 is 0 Å². The molecule has 7 nitrogen and oxygen atoms in total. The molecule has 0 atom stereocenters. The molecule has 0 aromatic rings. The van der Waals surface area contributed by atoms with Crippen LogP contribution in [0.15, 0.2) is 0 Å². The minimum Gasteiger partial charge on any atom is -0.328 e. The molecule has 0 aliphatic heterocycles. The number of hydrogen-bond donors (Lipinski definition) is 3. The van der Waals surface area contributed by atoms with Crippen molar-refractivity contribution in [2.24, 2.45) is 5.73 Å². The van der Waals surface area contributed by atoms with Crippen LogP contribution in [0.25, 0.3) is 0 Å². The zero-order valence-corrected chi connectivity index (χ0v) is 11.6. The number of nitrogens with zero attached hydrogens (tertiary/aromatic N) is 2. The maximum absolute atomic E-state index is 8.41. The monoisotopic (exact) mass is 260 g/mol. The largest absolute Gasteiger partial charge is 0.328 e. The van der Waals surface area contributed by atoms with Crippen LogP contribution in [0.5, 0.6) is 0 Å². The lowest BCUT2D eigenvalue weighted by atomic mass is 9.90. The lowest BCUT2D eigenvalue weighted by Gasteiger charge is -2.29. The first-order valence-electron chi connectivity index (χ1n) is 5.74. The van der Waals surface area contributed by atoms with E-state index in [1.54, 1.807) is 0 Å². The molecule has 18 heavy (non-hydrogen) atoms. The topological polar surface area (TPSA) is 125 Å². The first-order chi connectivity index (χ1) is 8.00. The Morgan fingerprint density at radius 1 is 1.39 bits per heavy atom. The summed E-state index contributed by atoms with van der Waals surface area (Å²) in [6.45, 7) is 9.14. The highest BCUT2D eigenvalue weighted by Gasteiger charge is 2.20. The molecular weight excluding hydrogens is 236 g/mol. The van der Waals surface area contributed by atoms with Crippen molar-refractivity contribution in [3.8, 4) is 6.07 Å². The molecule has 0 radical (unpaired) electrons. The zero-order valence-electron chi connectivity index (χ0n) is 11.6. The van der Waals surface area contributed by atoms with Gasteiger partial charge in [0.2, 0.25) is 0 Å². The van der Waals surface area contributed by atoms with Crippen LogP contribution in [-0.2, 0) is 0 Å². The number of rotatable bonds is 6. The third-order valence-corrected chi connectivity index (χ3v) is 2.23. The Morgan fingerprint density at radius 2 is 1.83 bits per heavy atom. The van der Waals surface area contributed by atoms with Crippen molar-refractivity contribution in [3.05, 3.63) is 10.1 Å². The third-order valence-electron chi connectivity index (χ3n) is 2.23. The summed E-state index contributed by atoms with van der Waals surface area (Å²) in [5, 5.41) is 25.4. The SMILES string of the molecule is CC(C)(N)CCC(C)(C)NCCC#N.O=[N+]([O-])O. The Labute approximate surface area is 108 Å². The summed E-state index contributed by atoms with van der Waals surface area (Å²) >= 11 is 0. The Bertz CT molecular complexity index is 275. The molecule has 7 heteroatoms. The van der Waals surface area contributed by atoms with Crippen LogP contribution in [0.3, 0.4) is 0 Å². The molecule has 0 spiro atoms. The van der Waals surface area contributed by atoms with Gasteiger partial charge in [0.15, 0.2) is 0 Å². The summed E-state index contributed by atoms with van der Waals surface area (Å²) in [6.07, 6.45) is 2.58. The van der Waals surface area contributed by atoms with Gasteiger partial charge in [0.25, 0.3) is 5.09 Å². The van der Waals surface area contributed by atoms with Crippen LogP contribution < -0.4 is 11.1 Å². The summed E-state index contributed by atoms with van der Waals surface area (Å²) in [6, 6.07) is 2.13. The molecule has 0 bridgehead atoms. The van der Waals surface area contributed by atoms with Gasteiger partial charge in [-0.25, -0.2) is 0 Å². The van der Waals surface area contributed by atoms with Gasteiger partial charge in [-0.05, 0) is 40.5 Å². The molecule has 0 saturated carbocycles. The van der Waals surface area contributed by atoms with Crippen LogP contribution in [0, 0.1) is 21.4 Å². The van der Waals surface area contributed by atoms with E-state index in [1.165, 1.54) is 0 Å². The third kappa shape index (κ3) is 20.1. The van der Waals surface area contributed by atoms with Crippen LogP contribution in [-0.4, -0.2) is 27.9 Å². The van der Waals surface area contributed by atoms with Crippen LogP contribution in [0.4, 0.5) is 0 Å². The van der Waals surface area contributed by atoms with Crippen molar-refractivity contribution in [3.63, 3.8) is 0 Å². The first-order valence-corrected chi connectivity index (χ1v) is 5.74. The van der Waals surface area contributed by atoms with Crippen LogP contribution >= 0.6 is 0 Å². The molecule has 0 rings (SSSR count). The van der Waals surface area contributed by atoms with Crippen molar-refractivity contribution < 1.29 is 10.3 Å². The summed E-state index contributed by atoms with van der Waals surface area (Å²) in [7, 11) is 0. The summed E-state index contributed by atoms with van der Waals surface area (Å²) in [5.41, 5.74) is 5.89. The standard InChI is InChI=1S/C11H23N3.HNO3/c1-10(2,13)6-7-11(3,4)14-9-5-8-12;2-1(3)4/h14H,5-7,9,13H2,1-4H3;(H,2,3,4). The summed E-state index contributed by atoms with van der Waals surface area (Å²) in [5.74, 6) is 0.